The number of aromatic hydroxyl groups is 1. The highest BCUT2D eigenvalue weighted by Crippen LogP contribution is 2.25. The lowest BCUT2D eigenvalue weighted by atomic mass is 10.1. The number of nitrogens with zero attached hydrogens (tertiary/aromatic N) is 3. The van der Waals surface area contributed by atoms with Crippen LogP contribution in [0.1, 0.15) is 17.0 Å². The van der Waals surface area contributed by atoms with E-state index in [1.54, 1.807) is 16.8 Å². The number of aromatic nitrogens is 3. The molecule has 130 valence electrons. The number of benzene rings is 1. The Kier molecular flexibility index (Phi) is 5.00. The minimum atomic E-state index is -0.00246. The Morgan fingerprint density at radius 3 is 2.68 bits per heavy atom. The Morgan fingerprint density at radius 2 is 1.92 bits per heavy atom. The standard InChI is InChI=1S/C19H22N4O2/c1-13-5-3-4-6-15(13)16-11-19(23(22-16)9-10-24)20-12-17-18(25)8-7-14(2)21-17/h3-8,11,20,24-25H,9-10,12H2,1-2H3. The third kappa shape index (κ3) is 3.80. The number of hydrogen-bond acceptors (Lipinski definition) is 5. The van der Waals surface area contributed by atoms with Gasteiger partial charge in [0.2, 0.25) is 0 Å². The van der Waals surface area contributed by atoms with Gasteiger partial charge in [-0.2, -0.15) is 5.10 Å². The fourth-order valence-electron chi connectivity index (χ4n) is 2.72. The molecule has 25 heavy (non-hydrogen) atoms. The Hall–Kier alpha value is -2.86. The highest BCUT2D eigenvalue weighted by Gasteiger charge is 2.12. The van der Waals surface area contributed by atoms with Crippen molar-refractivity contribution in [1.82, 2.24) is 14.8 Å². The summed E-state index contributed by atoms with van der Waals surface area (Å²) in [5, 5.41) is 27.1. The van der Waals surface area contributed by atoms with Crippen LogP contribution in [0.25, 0.3) is 11.3 Å². The number of aliphatic hydroxyl groups is 1. The molecule has 0 saturated heterocycles. The summed E-state index contributed by atoms with van der Waals surface area (Å²) in [6.45, 7) is 4.69. The van der Waals surface area contributed by atoms with Crippen molar-refractivity contribution in [3.05, 3.63) is 59.4 Å². The Balaban J connectivity index is 1.87. The SMILES string of the molecule is Cc1ccc(O)c(CNc2cc(-c3ccccc3C)nn2CCO)n1. The Labute approximate surface area is 146 Å². The second kappa shape index (κ2) is 7.36. The van der Waals surface area contributed by atoms with Crippen LogP contribution >= 0.6 is 0 Å². The zero-order chi connectivity index (χ0) is 17.8. The van der Waals surface area contributed by atoms with Crippen molar-refractivity contribution in [3.63, 3.8) is 0 Å². The van der Waals surface area contributed by atoms with E-state index in [0.29, 0.717) is 18.8 Å². The van der Waals surface area contributed by atoms with Gasteiger partial charge in [0.25, 0.3) is 0 Å². The molecule has 2 aromatic heterocycles. The topological polar surface area (TPSA) is 83.2 Å². The molecule has 6 heteroatoms. The van der Waals surface area contributed by atoms with E-state index in [-0.39, 0.29) is 12.4 Å². The van der Waals surface area contributed by atoms with E-state index >= 15 is 0 Å². The third-order valence-electron chi connectivity index (χ3n) is 4.04. The number of nitrogens with one attached hydrogen (secondary N) is 1. The van der Waals surface area contributed by atoms with Crippen molar-refractivity contribution in [2.45, 2.75) is 26.9 Å². The summed E-state index contributed by atoms with van der Waals surface area (Å²) in [6.07, 6.45) is 0. The lowest BCUT2D eigenvalue weighted by Gasteiger charge is -2.09. The molecule has 3 N–H and O–H groups in total. The minimum absolute atomic E-state index is 0.00246. The molecule has 0 aliphatic rings. The normalized spacial score (nSPS) is 10.8. The molecule has 0 aliphatic heterocycles. The molecule has 0 amide bonds. The second-order valence-electron chi connectivity index (χ2n) is 5.95. The zero-order valence-electron chi connectivity index (χ0n) is 14.4. The first-order valence-corrected chi connectivity index (χ1v) is 8.22. The number of pyridine rings is 1. The maximum atomic E-state index is 9.94. The largest absolute Gasteiger partial charge is 0.506 e. The summed E-state index contributed by atoms with van der Waals surface area (Å²) in [4.78, 5) is 4.35. The van der Waals surface area contributed by atoms with Crippen LogP contribution < -0.4 is 5.32 Å². The fraction of sp³-hybridized carbons (Fsp3) is 0.263. The first-order valence-electron chi connectivity index (χ1n) is 8.22. The first-order chi connectivity index (χ1) is 12.1. The smallest absolute Gasteiger partial charge is 0.138 e. The molecule has 0 spiro atoms. The van der Waals surface area contributed by atoms with Gasteiger partial charge in [-0.05, 0) is 31.5 Å². The predicted octanol–water partition coefficient (Wildman–Crippen LogP) is 2.87. The van der Waals surface area contributed by atoms with Gasteiger partial charge in [0.05, 0.1) is 25.4 Å². The lowest BCUT2D eigenvalue weighted by molar-refractivity contribution is 0.270. The predicted molar refractivity (Wildman–Crippen MR) is 97.5 cm³/mol. The molecule has 0 aliphatic carbocycles. The summed E-state index contributed by atoms with van der Waals surface area (Å²) < 4.78 is 1.73. The van der Waals surface area contributed by atoms with Crippen LogP contribution in [-0.2, 0) is 13.1 Å². The number of rotatable bonds is 6. The first kappa shape index (κ1) is 17.0. The summed E-state index contributed by atoms with van der Waals surface area (Å²) in [5.41, 5.74) is 4.46. The van der Waals surface area contributed by atoms with Crippen LogP contribution in [0.5, 0.6) is 5.75 Å². The van der Waals surface area contributed by atoms with Gasteiger partial charge in [0, 0.05) is 17.3 Å². The number of hydrogen-bond donors (Lipinski definition) is 3. The highest BCUT2D eigenvalue weighted by atomic mass is 16.3. The van der Waals surface area contributed by atoms with Gasteiger partial charge in [-0.15, -0.1) is 0 Å². The van der Waals surface area contributed by atoms with E-state index in [0.717, 1.165) is 28.3 Å². The Bertz CT molecular complexity index is 874. The van der Waals surface area contributed by atoms with Crippen molar-refractivity contribution in [2.24, 2.45) is 0 Å². The van der Waals surface area contributed by atoms with Crippen molar-refractivity contribution < 1.29 is 10.2 Å². The molecule has 0 atom stereocenters. The van der Waals surface area contributed by atoms with Gasteiger partial charge < -0.3 is 15.5 Å². The summed E-state index contributed by atoms with van der Waals surface area (Å²) >= 11 is 0. The van der Waals surface area contributed by atoms with Gasteiger partial charge in [-0.25, -0.2) is 4.68 Å². The third-order valence-corrected chi connectivity index (χ3v) is 4.04. The lowest BCUT2D eigenvalue weighted by Crippen LogP contribution is -2.11. The van der Waals surface area contributed by atoms with Crippen LogP contribution in [-0.4, -0.2) is 31.6 Å². The van der Waals surface area contributed by atoms with Gasteiger partial charge in [-0.3, -0.25) is 4.98 Å². The summed E-state index contributed by atoms with van der Waals surface area (Å²) in [7, 11) is 0. The van der Waals surface area contributed by atoms with Crippen LogP contribution in [0.4, 0.5) is 5.82 Å². The minimum Gasteiger partial charge on any atom is -0.506 e. The summed E-state index contributed by atoms with van der Waals surface area (Å²) in [6, 6.07) is 13.4. The average molecular weight is 338 g/mol. The van der Waals surface area contributed by atoms with E-state index in [2.05, 4.69) is 15.4 Å². The van der Waals surface area contributed by atoms with E-state index in [1.807, 2.05) is 44.2 Å². The van der Waals surface area contributed by atoms with E-state index in [4.69, 9.17) is 0 Å². The van der Waals surface area contributed by atoms with Crippen molar-refractivity contribution in [3.8, 4) is 17.0 Å². The molecule has 0 bridgehead atoms. The van der Waals surface area contributed by atoms with Crippen LogP contribution in [0.3, 0.4) is 0 Å². The van der Waals surface area contributed by atoms with E-state index in [9.17, 15) is 10.2 Å². The van der Waals surface area contributed by atoms with Crippen molar-refractivity contribution in [1.29, 1.82) is 0 Å². The molecular formula is C19H22N4O2. The molecule has 0 radical (unpaired) electrons. The van der Waals surface area contributed by atoms with Crippen molar-refractivity contribution >= 4 is 5.82 Å². The monoisotopic (exact) mass is 338 g/mol. The Morgan fingerprint density at radius 1 is 1.12 bits per heavy atom. The van der Waals surface area contributed by atoms with Crippen LogP contribution in [0.2, 0.25) is 0 Å². The maximum absolute atomic E-state index is 9.94. The molecule has 3 rings (SSSR count). The quantitative estimate of drug-likeness (QED) is 0.644. The maximum Gasteiger partial charge on any atom is 0.138 e. The number of anilines is 1. The molecule has 2 heterocycles. The average Bonchev–Trinajstić information content (AvgIpc) is 2.99. The van der Waals surface area contributed by atoms with Gasteiger partial charge in [-0.1, -0.05) is 24.3 Å². The van der Waals surface area contributed by atoms with E-state index in [1.165, 1.54) is 0 Å². The molecule has 0 unspecified atom stereocenters. The highest BCUT2D eigenvalue weighted by molar-refractivity contribution is 5.66. The van der Waals surface area contributed by atoms with Crippen molar-refractivity contribution in [2.75, 3.05) is 11.9 Å². The number of aliphatic hydroxyl groups excluding tert-OH is 1. The van der Waals surface area contributed by atoms with E-state index < -0.39 is 0 Å². The molecule has 0 saturated carbocycles. The van der Waals surface area contributed by atoms with Gasteiger partial charge in [0.15, 0.2) is 0 Å². The van der Waals surface area contributed by atoms with Gasteiger partial charge in [0.1, 0.15) is 17.3 Å². The van der Waals surface area contributed by atoms with Crippen LogP contribution in [0, 0.1) is 13.8 Å². The van der Waals surface area contributed by atoms with Gasteiger partial charge >= 0.3 is 0 Å². The molecule has 1 aromatic carbocycles. The second-order valence-corrected chi connectivity index (χ2v) is 5.95. The molecular weight excluding hydrogens is 316 g/mol. The molecule has 0 fully saturated rings. The number of aryl methyl sites for hydroxylation is 2. The summed E-state index contributed by atoms with van der Waals surface area (Å²) in [5.74, 6) is 0.931. The fourth-order valence-corrected chi connectivity index (χ4v) is 2.72. The zero-order valence-corrected chi connectivity index (χ0v) is 14.4. The molecule has 3 aromatic rings. The van der Waals surface area contributed by atoms with Crippen LogP contribution in [0.15, 0.2) is 42.5 Å². The molecule has 6 nitrogen and oxygen atoms in total.